The summed E-state index contributed by atoms with van der Waals surface area (Å²) < 4.78 is 0. The molecule has 0 heterocycles. The summed E-state index contributed by atoms with van der Waals surface area (Å²) in [5.41, 5.74) is 8.86. The van der Waals surface area contributed by atoms with Gasteiger partial charge in [0.05, 0.1) is 12.1 Å². The van der Waals surface area contributed by atoms with Crippen LogP contribution in [-0.4, -0.2) is 17.4 Å². The molecule has 0 fully saturated rings. The molecular formula is C11H9N3O2. The molecule has 5 heteroatoms. The molecular weight excluding hydrogens is 206 g/mol. The Labute approximate surface area is 92.3 Å². The van der Waals surface area contributed by atoms with Crippen molar-refractivity contribution in [1.29, 1.82) is 0 Å². The predicted octanol–water partition coefficient (Wildman–Crippen LogP) is 2.26. The van der Waals surface area contributed by atoms with Gasteiger partial charge in [-0.05, 0) is 30.7 Å². The van der Waals surface area contributed by atoms with Crippen LogP contribution in [0.2, 0.25) is 0 Å². The number of rotatable bonds is 2. The number of aromatic hydroxyl groups is 1. The van der Waals surface area contributed by atoms with Crippen LogP contribution >= 0.6 is 0 Å². The maximum absolute atomic E-state index is 11.1. The second-order valence-corrected chi connectivity index (χ2v) is 2.98. The minimum absolute atomic E-state index is 0.0619. The van der Waals surface area contributed by atoms with Crippen molar-refractivity contribution in [2.24, 2.45) is 5.11 Å². The highest BCUT2D eigenvalue weighted by atomic mass is 16.3. The molecule has 0 atom stereocenters. The van der Waals surface area contributed by atoms with E-state index in [0.29, 0.717) is 5.56 Å². The molecule has 0 amide bonds. The fourth-order valence-electron chi connectivity index (χ4n) is 1.10. The lowest BCUT2D eigenvalue weighted by atomic mass is 10.1. The Bertz CT molecular complexity index is 520. The highest BCUT2D eigenvalue weighted by Gasteiger charge is 2.05. The van der Waals surface area contributed by atoms with E-state index in [9.17, 15) is 9.90 Å². The number of benzene rings is 1. The second kappa shape index (κ2) is 5.44. The normalized spacial score (nSPS) is 8.56. The number of phenolic OH excluding ortho intramolecular Hbond substituents is 1. The van der Waals surface area contributed by atoms with E-state index < -0.39 is 0 Å². The first-order chi connectivity index (χ1) is 7.65. The van der Waals surface area contributed by atoms with Gasteiger partial charge in [-0.1, -0.05) is 17.0 Å². The van der Waals surface area contributed by atoms with Crippen molar-refractivity contribution >= 4 is 5.78 Å². The Hall–Kier alpha value is -2.44. The molecule has 1 N–H and O–H groups in total. The molecule has 16 heavy (non-hydrogen) atoms. The van der Waals surface area contributed by atoms with Gasteiger partial charge < -0.3 is 5.11 Å². The number of hydrogen-bond acceptors (Lipinski definition) is 3. The van der Waals surface area contributed by atoms with E-state index in [1.807, 2.05) is 0 Å². The highest BCUT2D eigenvalue weighted by molar-refractivity contribution is 5.97. The first kappa shape index (κ1) is 11.6. The molecule has 0 aliphatic carbocycles. The smallest absolute Gasteiger partial charge is 0.163 e. The molecule has 0 aromatic heterocycles. The van der Waals surface area contributed by atoms with Gasteiger partial charge in [0.2, 0.25) is 0 Å². The van der Waals surface area contributed by atoms with Crippen LogP contribution in [0.3, 0.4) is 0 Å². The zero-order chi connectivity index (χ0) is 12.0. The Morgan fingerprint density at radius 1 is 1.62 bits per heavy atom. The van der Waals surface area contributed by atoms with Gasteiger partial charge in [0.25, 0.3) is 0 Å². The van der Waals surface area contributed by atoms with Gasteiger partial charge in [0, 0.05) is 10.5 Å². The molecule has 1 rings (SSSR count). The third kappa shape index (κ3) is 3.05. The predicted molar refractivity (Wildman–Crippen MR) is 59.0 cm³/mol. The molecule has 1 aromatic carbocycles. The highest BCUT2D eigenvalue weighted by Crippen LogP contribution is 2.18. The van der Waals surface area contributed by atoms with Crippen LogP contribution in [0.1, 0.15) is 22.8 Å². The van der Waals surface area contributed by atoms with Crippen LogP contribution in [0.5, 0.6) is 5.75 Å². The zero-order valence-electron chi connectivity index (χ0n) is 8.64. The van der Waals surface area contributed by atoms with Crippen LogP contribution in [0, 0.1) is 11.8 Å². The number of nitrogens with zero attached hydrogens (tertiary/aromatic N) is 3. The summed E-state index contributed by atoms with van der Waals surface area (Å²) in [6.45, 7) is 1.44. The van der Waals surface area contributed by atoms with E-state index in [1.54, 1.807) is 6.07 Å². The number of ketones is 1. The number of carbonyl (C=O) groups is 1. The Morgan fingerprint density at radius 2 is 2.38 bits per heavy atom. The van der Waals surface area contributed by atoms with E-state index >= 15 is 0 Å². The Kier molecular flexibility index (Phi) is 3.96. The molecule has 0 saturated heterocycles. The van der Waals surface area contributed by atoms with Crippen LogP contribution < -0.4 is 0 Å². The largest absolute Gasteiger partial charge is 0.507 e. The second-order valence-electron chi connectivity index (χ2n) is 2.98. The third-order valence-electron chi connectivity index (χ3n) is 1.82. The standard InChI is InChI=1S/C11H9N3O2/c1-8(15)10-7-9(4-5-11(10)16)3-2-6-13-14-12/h4-5,7,16H,6H2,1H3. The van der Waals surface area contributed by atoms with Crippen LogP contribution in [-0.2, 0) is 0 Å². The van der Waals surface area contributed by atoms with Gasteiger partial charge in [0.1, 0.15) is 5.75 Å². The van der Waals surface area contributed by atoms with Gasteiger partial charge >= 0.3 is 0 Å². The topological polar surface area (TPSA) is 86.1 Å². The zero-order valence-corrected chi connectivity index (χ0v) is 8.64. The van der Waals surface area contributed by atoms with Crippen molar-refractivity contribution in [1.82, 2.24) is 0 Å². The average Bonchev–Trinajstić information content (AvgIpc) is 2.26. The maximum atomic E-state index is 11.1. The third-order valence-corrected chi connectivity index (χ3v) is 1.82. The SMILES string of the molecule is CC(=O)c1cc(C#CCN=[N+]=[N-])ccc1O. The lowest BCUT2D eigenvalue weighted by Gasteiger charge is -2.00. The molecule has 0 saturated carbocycles. The van der Waals surface area contributed by atoms with Crippen molar-refractivity contribution in [3.63, 3.8) is 0 Å². The molecule has 0 unspecified atom stereocenters. The average molecular weight is 215 g/mol. The lowest BCUT2D eigenvalue weighted by Crippen LogP contribution is -1.93. The monoisotopic (exact) mass is 215 g/mol. The number of carbonyl (C=O) groups excluding carboxylic acids is 1. The van der Waals surface area contributed by atoms with Crippen molar-refractivity contribution in [2.75, 3.05) is 6.54 Å². The molecule has 0 radical (unpaired) electrons. The van der Waals surface area contributed by atoms with Gasteiger partial charge in [-0.15, -0.1) is 0 Å². The fourth-order valence-corrected chi connectivity index (χ4v) is 1.10. The van der Waals surface area contributed by atoms with E-state index in [-0.39, 0.29) is 23.6 Å². The minimum Gasteiger partial charge on any atom is -0.507 e. The van der Waals surface area contributed by atoms with Gasteiger partial charge in [-0.3, -0.25) is 4.79 Å². The summed E-state index contributed by atoms with van der Waals surface area (Å²) in [4.78, 5) is 13.7. The van der Waals surface area contributed by atoms with Gasteiger partial charge in [-0.2, -0.15) is 0 Å². The molecule has 80 valence electrons. The summed E-state index contributed by atoms with van der Waals surface area (Å²) >= 11 is 0. The van der Waals surface area contributed by atoms with Crippen LogP contribution in [0.15, 0.2) is 23.3 Å². The number of azide groups is 1. The summed E-state index contributed by atoms with van der Waals surface area (Å²) in [5, 5.41) is 12.6. The molecule has 0 aliphatic heterocycles. The number of phenols is 1. The van der Waals surface area contributed by atoms with Crippen molar-refractivity contribution < 1.29 is 9.90 Å². The lowest BCUT2D eigenvalue weighted by molar-refractivity contribution is 0.101. The van der Waals surface area contributed by atoms with Crippen molar-refractivity contribution in [3.05, 3.63) is 39.8 Å². The summed E-state index contributed by atoms with van der Waals surface area (Å²) in [6.07, 6.45) is 0. The molecule has 0 spiro atoms. The van der Waals surface area contributed by atoms with E-state index in [0.717, 1.165) is 0 Å². The number of hydrogen-bond donors (Lipinski definition) is 1. The molecule has 5 nitrogen and oxygen atoms in total. The van der Waals surface area contributed by atoms with E-state index in [4.69, 9.17) is 5.53 Å². The number of Topliss-reactive ketones (excluding diaryl/α,β-unsaturated/α-hetero) is 1. The van der Waals surface area contributed by atoms with E-state index in [2.05, 4.69) is 21.9 Å². The first-order valence-corrected chi connectivity index (χ1v) is 4.49. The summed E-state index contributed by atoms with van der Waals surface area (Å²) in [6, 6.07) is 4.50. The Balaban J connectivity index is 2.97. The Morgan fingerprint density at radius 3 is 3.00 bits per heavy atom. The fraction of sp³-hybridized carbons (Fsp3) is 0.182. The summed E-state index contributed by atoms with van der Waals surface area (Å²) in [7, 11) is 0. The van der Waals surface area contributed by atoms with E-state index in [1.165, 1.54) is 19.1 Å². The van der Waals surface area contributed by atoms with Crippen LogP contribution in [0.4, 0.5) is 0 Å². The molecule has 0 aliphatic rings. The minimum atomic E-state index is -0.226. The molecule has 0 bridgehead atoms. The van der Waals surface area contributed by atoms with Crippen LogP contribution in [0.25, 0.3) is 10.4 Å². The van der Waals surface area contributed by atoms with Crippen molar-refractivity contribution in [3.8, 4) is 17.6 Å². The van der Waals surface area contributed by atoms with Crippen molar-refractivity contribution in [2.45, 2.75) is 6.92 Å². The molecule has 1 aromatic rings. The van der Waals surface area contributed by atoms with Gasteiger partial charge in [0.15, 0.2) is 5.78 Å². The first-order valence-electron chi connectivity index (χ1n) is 4.49. The summed E-state index contributed by atoms with van der Waals surface area (Å²) in [5.74, 6) is 5.06. The maximum Gasteiger partial charge on any atom is 0.163 e. The van der Waals surface area contributed by atoms with Gasteiger partial charge in [-0.25, -0.2) is 0 Å². The quantitative estimate of drug-likeness (QED) is 0.269.